The molecule has 0 aliphatic heterocycles. The second-order valence-electron chi connectivity index (χ2n) is 5.00. The van der Waals surface area contributed by atoms with Gasteiger partial charge in [0, 0.05) is 19.6 Å². The summed E-state index contributed by atoms with van der Waals surface area (Å²) in [4.78, 5) is 12.0. The van der Waals surface area contributed by atoms with Crippen LogP contribution in [-0.4, -0.2) is 39.8 Å². The van der Waals surface area contributed by atoms with E-state index in [0.717, 1.165) is 12.1 Å². The van der Waals surface area contributed by atoms with Crippen molar-refractivity contribution in [3.8, 4) is 5.75 Å². The van der Waals surface area contributed by atoms with Gasteiger partial charge in [-0.3, -0.25) is 4.79 Å². The highest BCUT2D eigenvalue weighted by atomic mass is 19.4. The van der Waals surface area contributed by atoms with Gasteiger partial charge < -0.3 is 20.1 Å². The van der Waals surface area contributed by atoms with Crippen molar-refractivity contribution >= 4 is 11.6 Å². The Balaban J connectivity index is 3.00. The number of benzene rings is 1. The fourth-order valence-electron chi connectivity index (χ4n) is 1.82. The number of alkyl halides is 3. The summed E-state index contributed by atoms with van der Waals surface area (Å²) in [6.45, 7) is 2.52. The average Bonchev–Trinajstić information content (AvgIpc) is 2.48. The normalized spacial score (nSPS) is 12.8. The maximum absolute atomic E-state index is 12.8. The monoisotopic (exact) mass is 334 g/mol. The highest BCUT2D eigenvalue weighted by molar-refractivity contribution is 5.94. The molecule has 5 nitrogen and oxygen atoms in total. The van der Waals surface area contributed by atoms with E-state index in [0.29, 0.717) is 6.54 Å². The lowest BCUT2D eigenvalue weighted by atomic mass is 10.1. The van der Waals surface area contributed by atoms with E-state index in [1.165, 1.54) is 13.2 Å². The Bertz CT molecular complexity index is 521. The second-order valence-corrected chi connectivity index (χ2v) is 5.00. The zero-order valence-corrected chi connectivity index (χ0v) is 13.3. The van der Waals surface area contributed by atoms with Crippen molar-refractivity contribution < 1.29 is 27.4 Å². The van der Waals surface area contributed by atoms with Crippen LogP contribution in [0.15, 0.2) is 18.2 Å². The van der Waals surface area contributed by atoms with Crippen LogP contribution in [0.3, 0.4) is 0 Å². The topological polar surface area (TPSA) is 59.6 Å². The van der Waals surface area contributed by atoms with Gasteiger partial charge in [0.05, 0.1) is 17.9 Å². The van der Waals surface area contributed by atoms with E-state index in [1.54, 1.807) is 14.0 Å². The van der Waals surface area contributed by atoms with Crippen LogP contribution < -0.4 is 15.4 Å². The number of amides is 1. The number of rotatable bonds is 8. The summed E-state index contributed by atoms with van der Waals surface area (Å²) < 4.78 is 48.7. The zero-order chi connectivity index (χ0) is 17.5. The molecule has 1 amide bonds. The van der Waals surface area contributed by atoms with Gasteiger partial charge in [-0.1, -0.05) is 6.92 Å². The molecule has 1 aromatic carbocycles. The summed E-state index contributed by atoms with van der Waals surface area (Å²) in [5.41, 5.74) is -0.864. The highest BCUT2D eigenvalue weighted by Crippen LogP contribution is 2.35. The molecule has 0 aliphatic carbocycles. The predicted octanol–water partition coefficient (Wildman–Crippen LogP) is 2.52. The van der Waals surface area contributed by atoms with E-state index >= 15 is 0 Å². The number of hydrogen-bond donors (Lipinski definition) is 2. The molecule has 0 aromatic heterocycles. The number of nitrogens with one attached hydrogen (secondary N) is 2. The summed E-state index contributed by atoms with van der Waals surface area (Å²) in [5, 5.41) is 5.33. The first-order valence-corrected chi connectivity index (χ1v) is 7.08. The molecule has 0 saturated carbocycles. The van der Waals surface area contributed by atoms with Crippen LogP contribution in [0.2, 0.25) is 0 Å². The minimum absolute atomic E-state index is 0.0103. The first-order chi connectivity index (χ1) is 10.8. The van der Waals surface area contributed by atoms with E-state index in [2.05, 4.69) is 10.6 Å². The van der Waals surface area contributed by atoms with Gasteiger partial charge in [-0.25, -0.2) is 0 Å². The summed E-state index contributed by atoms with van der Waals surface area (Å²) in [6, 6.07) is 2.97. The molecular weight excluding hydrogens is 313 g/mol. The van der Waals surface area contributed by atoms with Gasteiger partial charge >= 0.3 is 6.18 Å². The molecule has 130 valence electrons. The van der Waals surface area contributed by atoms with Crippen LogP contribution in [0.1, 0.15) is 12.5 Å². The van der Waals surface area contributed by atoms with E-state index < -0.39 is 23.6 Å². The largest absolute Gasteiger partial charge is 0.489 e. The highest BCUT2D eigenvalue weighted by Gasteiger charge is 2.31. The maximum atomic E-state index is 12.8. The standard InChI is InChI=1S/C15H21F3N2O3/c1-10(9-19-2)14(21)20-12-8-11(15(16,17)18)4-5-13(12)23-7-6-22-3/h4-5,8,10,19H,6-7,9H2,1-3H3,(H,20,21). The number of hydrogen-bond acceptors (Lipinski definition) is 4. The molecule has 0 saturated heterocycles. The lowest BCUT2D eigenvalue weighted by molar-refractivity contribution is -0.137. The number of methoxy groups -OCH3 is 1. The van der Waals surface area contributed by atoms with Gasteiger partial charge in [-0.2, -0.15) is 13.2 Å². The van der Waals surface area contributed by atoms with Gasteiger partial charge in [-0.05, 0) is 25.2 Å². The smallest absolute Gasteiger partial charge is 0.416 e. The number of ether oxygens (including phenoxy) is 2. The van der Waals surface area contributed by atoms with Crippen LogP contribution in [0.4, 0.5) is 18.9 Å². The first kappa shape index (κ1) is 19.2. The van der Waals surface area contributed by atoms with Crippen LogP contribution in [0.5, 0.6) is 5.75 Å². The van der Waals surface area contributed by atoms with Crippen molar-refractivity contribution in [2.75, 3.05) is 39.2 Å². The van der Waals surface area contributed by atoms with Crippen molar-refractivity contribution in [1.29, 1.82) is 0 Å². The molecule has 0 heterocycles. The number of anilines is 1. The number of carbonyl (C=O) groups is 1. The SMILES string of the molecule is CNCC(C)C(=O)Nc1cc(C(F)(F)F)ccc1OCCOC. The molecule has 23 heavy (non-hydrogen) atoms. The van der Waals surface area contributed by atoms with Gasteiger partial charge in [-0.15, -0.1) is 0 Å². The van der Waals surface area contributed by atoms with Crippen molar-refractivity contribution in [3.05, 3.63) is 23.8 Å². The van der Waals surface area contributed by atoms with E-state index in [4.69, 9.17) is 9.47 Å². The fourth-order valence-corrected chi connectivity index (χ4v) is 1.82. The minimum atomic E-state index is -4.50. The summed E-state index contributed by atoms with van der Waals surface area (Å²) in [6.07, 6.45) is -4.50. The molecule has 8 heteroatoms. The van der Waals surface area contributed by atoms with Gasteiger partial charge in [0.1, 0.15) is 12.4 Å². The predicted molar refractivity (Wildman–Crippen MR) is 80.5 cm³/mol. The number of carbonyl (C=O) groups excluding carboxylic acids is 1. The van der Waals surface area contributed by atoms with Crippen LogP contribution in [0.25, 0.3) is 0 Å². The van der Waals surface area contributed by atoms with Gasteiger partial charge in [0.2, 0.25) is 5.91 Å². The molecule has 1 atom stereocenters. The quantitative estimate of drug-likeness (QED) is 0.717. The lowest BCUT2D eigenvalue weighted by Gasteiger charge is -2.17. The Morgan fingerprint density at radius 2 is 2.00 bits per heavy atom. The Kier molecular flexibility index (Phi) is 7.31. The lowest BCUT2D eigenvalue weighted by Crippen LogP contribution is -2.29. The average molecular weight is 334 g/mol. The Hall–Kier alpha value is -1.80. The summed E-state index contributed by atoms with van der Waals surface area (Å²) >= 11 is 0. The second kappa shape index (κ2) is 8.73. The molecule has 1 aromatic rings. The molecule has 1 unspecified atom stereocenters. The van der Waals surface area contributed by atoms with Crippen LogP contribution >= 0.6 is 0 Å². The molecule has 0 fully saturated rings. The molecule has 0 spiro atoms. The first-order valence-electron chi connectivity index (χ1n) is 7.08. The maximum Gasteiger partial charge on any atom is 0.416 e. The molecule has 0 bridgehead atoms. The van der Waals surface area contributed by atoms with Crippen molar-refractivity contribution in [3.63, 3.8) is 0 Å². The number of halogens is 3. The van der Waals surface area contributed by atoms with Gasteiger partial charge in [0.15, 0.2) is 0 Å². The minimum Gasteiger partial charge on any atom is -0.489 e. The van der Waals surface area contributed by atoms with Crippen molar-refractivity contribution in [2.45, 2.75) is 13.1 Å². The molecule has 1 rings (SSSR count). The van der Waals surface area contributed by atoms with Crippen molar-refractivity contribution in [1.82, 2.24) is 5.32 Å². The van der Waals surface area contributed by atoms with Crippen LogP contribution in [0, 0.1) is 5.92 Å². The Morgan fingerprint density at radius 1 is 1.30 bits per heavy atom. The van der Waals surface area contributed by atoms with Gasteiger partial charge in [0.25, 0.3) is 0 Å². The van der Waals surface area contributed by atoms with Crippen molar-refractivity contribution in [2.24, 2.45) is 5.92 Å². The molecule has 2 N–H and O–H groups in total. The molecule has 0 aliphatic rings. The van der Waals surface area contributed by atoms with E-state index in [9.17, 15) is 18.0 Å². The summed E-state index contributed by atoms with van der Waals surface area (Å²) in [7, 11) is 3.17. The van der Waals surface area contributed by atoms with E-state index in [1.807, 2.05) is 0 Å². The third-order valence-electron chi connectivity index (χ3n) is 3.07. The van der Waals surface area contributed by atoms with Crippen LogP contribution in [-0.2, 0) is 15.7 Å². The summed E-state index contributed by atoms with van der Waals surface area (Å²) in [5.74, 6) is -0.628. The Labute approximate surface area is 133 Å². The third kappa shape index (κ3) is 6.07. The Morgan fingerprint density at radius 3 is 2.57 bits per heavy atom. The third-order valence-corrected chi connectivity index (χ3v) is 3.07. The fraction of sp³-hybridized carbons (Fsp3) is 0.533. The zero-order valence-electron chi connectivity index (χ0n) is 13.3. The molecule has 0 radical (unpaired) electrons. The molecular formula is C15H21F3N2O3. The van der Waals surface area contributed by atoms with E-state index in [-0.39, 0.29) is 24.7 Å².